The Balaban J connectivity index is -0.000000172. The summed E-state index contributed by atoms with van der Waals surface area (Å²) in [5.74, 6) is 0.145. The Morgan fingerprint density at radius 1 is 0.504 bits per heavy atom. The minimum atomic E-state index is -4.92. The molecule has 2 saturated heterocycles. The maximum atomic E-state index is 11.9. The zero-order valence-electron chi connectivity index (χ0n) is 79.9. The topological polar surface area (TPSA) is 435 Å². The Morgan fingerprint density at radius 3 is 1.05 bits per heavy atom. The Labute approximate surface area is 949 Å². The average Bonchev–Trinajstić information content (AvgIpc) is 1.08. The number of terminal acetylenes is 1. The van der Waals surface area contributed by atoms with E-state index in [0.29, 0.717) is 65.5 Å². The number of nitrogens with two attached hydrogens (primary N) is 2. The van der Waals surface area contributed by atoms with Crippen molar-refractivity contribution in [2.75, 3.05) is 77.5 Å². The predicted molar refractivity (Wildman–Crippen MR) is 531 cm³/mol. The van der Waals surface area contributed by atoms with Gasteiger partial charge in [-0.3, -0.25) is 28.8 Å². The maximum absolute atomic E-state index is 11.9. The number of aliphatic hydroxyl groups is 9. The van der Waals surface area contributed by atoms with Gasteiger partial charge in [-0.05, 0) is 173 Å². The zero-order valence-corrected chi connectivity index (χ0v) is 93.1. The standard InChI is InChI=1S/C18H27NO2.2C11H11BrF3NO2.C11H9BrF3NO2.C11H12F3NO2.C9H13NO.C9H16O.2C4H8O2.C2H7P.CH2Cl2.CH3Cl.CH2O3.2CH4.2K.H/c1-3-10-18(21,11-4-2)12-8-15-6-5-7-16(14-15)17(20)9-13-19;3*12-8-3-1-2-7(6-8)9(17)4-5-16-10(18)11(13,14)15;12-11(13,14)10(17)15-7-6-9(16)8-4-2-1-3-5-8;10-7-6-9(11)8-4-2-1-3-5-8;1-4-7-9(10,6-3)8-5-2;2*5-4-2-1-3-6-4;1-3-2;2-1-3;1-2;2-1-4-3;;;;;/h5-7,14,17,20-21H,3-4,9-11,13,19H2,1-2H3;2*1-3,6,9,17H,4-5H2,(H,16,18);1-3,6H,4-5H2,(H,16,18);1-5,9,16H,6-7H2,(H,15,17);1-5,9,11H,6-7,10H2;3,10H,4-5,7-8H2,1-2H3;2*4-5H,1-3H2;3H,1-2H3;1H2;1H3;1,3H;2*1H4;;;/q;;;;;;;;;;;;;;;2*+1;-1/p-1/t17-;9-;;;2*9-;;;;;;;;;;;;/m11..11............/s1. The van der Waals surface area contributed by atoms with Crippen LogP contribution in [0.3, 0.4) is 0 Å². The number of Topliss-reactive ketones (excluding diaryl/α,β-unsaturated/α-hetero) is 1. The molecule has 46 heteroatoms. The number of rotatable bonds is 31. The normalized spacial score (nSPS) is 13.4. The second-order valence-electron chi connectivity index (χ2n) is 28.5. The molecule has 6 aromatic carbocycles. The molecule has 2 aliphatic rings. The quantitative estimate of drug-likeness (QED) is 0.00221. The third-order valence-corrected chi connectivity index (χ3v) is 18.6. The molecule has 0 aliphatic carbocycles. The van der Waals surface area contributed by atoms with Gasteiger partial charge in [-0.2, -0.15) is 52.7 Å². The van der Waals surface area contributed by atoms with Gasteiger partial charge in [-0.1, -0.05) is 243 Å². The summed E-state index contributed by atoms with van der Waals surface area (Å²) in [5.41, 5.74) is 13.7. The molecule has 0 radical (unpaired) electrons. The van der Waals surface area contributed by atoms with Crippen LogP contribution in [0.25, 0.3) is 0 Å². The van der Waals surface area contributed by atoms with Crippen LogP contribution in [-0.4, -0.2) is 208 Å². The Morgan fingerprint density at radius 2 is 0.780 bits per heavy atom. The number of amides is 4. The number of halogens is 18. The number of carbonyl (C=O) groups is 6. The summed E-state index contributed by atoms with van der Waals surface area (Å²) < 4.78 is 154. The number of aliphatic hydroxyl groups excluding tert-OH is 7. The molecule has 2 fully saturated rings. The second kappa shape index (κ2) is 93.4. The Kier molecular flexibility index (Phi) is 102. The van der Waals surface area contributed by atoms with Gasteiger partial charge in [0.05, 0.1) is 35.9 Å². The molecule has 2 aliphatic heterocycles. The van der Waals surface area contributed by atoms with Gasteiger partial charge >= 0.3 is 151 Å². The first-order valence-corrected chi connectivity index (χ1v) is 48.7. The van der Waals surface area contributed by atoms with Crippen molar-refractivity contribution in [2.45, 2.75) is 237 Å². The van der Waals surface area contributed by atoms with Crippen LogP contribution in [0.5, 0.6) is 0 Å². The van der Waals surface area contributed by atoms with Crippen molar-refractivity contribution < 1.29 is 251 Å². The van der Waals surface area contributed by atoms with Crippen molar-refractivity contribution in [1.29, 1.82) is 0 Å². The number of hydrogen-bond acceptors (Lipinski definition) is 21. The average molecular weight is 2350 g/mol. The van der Waals surface area contributed by atoms with Gasteiger partial charge in [0.25, 0.3) is 6.47 Å². The van der Waals surface area contributed by atoms with Crippen LogP contribution in [0.2, 0.25) is 0 Å². The molecule has 3 unspecified atom stereocenters. The number of carbonyl (C=O) groups excluding carboxylic acids is 6. The largest absolute Gasteiger partial charge is 1.00 e. The van der Waals surface area contributed by atoms with Crippen molar-refractivity contribution in [3.05, 3.63) is 210 Å². The van der Waals surface area contributed by atoms with Gasteiger partial charge in [0.1, 0.15) is 11.2 Å². The van der Waals surface area contributed by atoms with E-state index in [1.165, 1.54) is 6.38 Å². The molecular weight excluding hydrogens is 2210 g/mol. The van der Waals surface area contributed by atoms with Crippen LogP contribution < -0.4 is 141 Å². The fourth-order valence-electron chi connectivity index (χ4n) is 10.7. The summed E-state index contributed by atoms with van der Waals surface area (Å²) in [4.78, 5) is 64.8. The first-order chi connectivity index (χ1) is 64.4. The molecule has 0 spiro atoms. The monoisotopic (exact) mass is 2340 g/mol. The van der Waals surface area contributed by atoms with E-state index in [0.717, 1.165) is 112 Å². The number of hydrogen-bond donors (Lipinski definition) is 15. The van der Waals surface area contributed by atoms with Gasteiger partial charge in [-0.15, -0.1) is 49.8 Å². The van der Waals surface area contributed by atoms with Crippen LogP contribution in [0.15, 0.2) is 171 Å². The van der Waals surface area contributed by atoms with Crippen molar-refractivity contribution >= 4 is 127 Å². The summed E-state index contributed by atoms with van der Waals surface area (Å²) in [6, 6.07) is 45.6. The number of benzene rings is 6. The van der Waals surface area contributed by atoms with E-state index in [1.54, 1.807) is 124 Å². The third kappa shape index (κ3) is 84.6. The molecule has 0 saturated carbocycles. The molecule has 4 amide bonds. The molecule has 141 heavy (non-hydrogen) atoms. The van der Waals surface area contributed by atoms with Crippen LogP contribution in [0, 0.1) is 24.2 Å². The maximum Gasteiger partial charge on any atom is 1.00 e. The van der Waals surface area contributed by atoms with Crippen LogP contribution >= 0.6 is 91.2 Å². The Bertz CT molecular complexity index is 4170. The van der Waals surface area contributed by atoms with E-state index in [1.807, 2.05) is 82.3 Å². The molecule has 17 N–H and O–H groups in total. The summed E-state index contributed by atoms with van der Waals surface area (Å²) in [5, 5.41) is 101. The van der Waals surface area contributed by atoms with Gasteiger partial charge in [-0.25, -0.2) is 0 Å². The van der Waals surface area contributed by atoms with Crippen molar-refractivity contribution in [3.8, 4) is 24.2 Å². The minimum absolute atomic E-state index is 0. The molecule has 7 atom stereocenters. The van der Waals surface area contributed by atoms with Gasteiger partial charge in [0, 0.05) is 89.6 Å². The van der Waals surface area contributed by atoms with Crippen molar-refractivity contribution in [1.82, 2.24) is 21.3 Å². The molecule has 794 valence electrons. The smallest absolute Gasteiger partial charge is 1.00 e. The van der Waals surface area contributed by atoms with Gasteiger partial charge < -0.3 is 99.7 Å². The Hall–Kier alpha value is -3.93. The predicted octanol–water partition coefficient (Wildman–Crippen LogP) is 12.6. The van der Waals surface area contributed by atoms with Crippen LogP contribution in [-0.2, 0) is 38.3 Å². The van der Waals surface area contributed by atoms with E-state index in [-0.39, 0.29) is 189 Å². The number of ketones is 1. The summed E-state index contributed by atoms with van der Waals surface area (Å²) in [6.45, 7) is 13.7. The van der Waals surface area contributed by atoms with Crippen LogP contribution in [0.1, 0.15) is 234 Å². The fourth-order valence-corrected chi connectivity index (χ4v) is 11.9. The van der Waals surface area contributed by atoms with Gasteiger partial charge in [0.15, 0.2) is 18.4 Å². The molecule has 2 heterocycles. The first-order valence-electron chi connectivity index (χ1n) is 42.5. The van der Waals surface area contributed by atoms with Crippen molar-refractivity contribution in [3.63, 3.8) is 0 Å². The third-order valence-electron chi connectivity index (χ3n) is 17.1. The molecule has 25 nitrogen and oxygen atoms in total. The minimum Gasteiger partial charge on any atom is -1.00 e. The van der Waals surface area contributed by atoms with E-state index < -0.39 is 103 Å². The SMILES string of the molecule is C.C.C#CC(O)(CCC)CCC.CCCC(O)(C#Cc1cccc([C@H](O)CCN)c1)CCC.CCl.CPC.ClCCl.NCC[C@@H](O)c1ccccc1.O=C(CCNC(=O)C(F)(F)F)c1cccc(Br)c1.O=C(NCCC(O)c1cccc(Br)c1)C(F)(F)F.O=C(NCC[C@@H](O)c1cccc(Br)c1)C(F)(F)F.O=C(NCC[C@@H](O)c1ccccc1)C(F)(F)F.O=CO[O-].OC1CCCO1.OC1CCCO1.[H-].[K+].[K+]. The van der Waals surface area contributed by atoms with Gasteiger partial charge in [0.2, 0.25) is 0 Å². The number of ether oxygens (including phenoxy) is 2. The first kappa shape index (κ1) is 155. The molecule has 0 bridgehead atoms. The second-order valence-corrected chi connectivity index (χ2v) is 33.1. The number of nitrogens with one attached hydrogen (secondary N) is 4. The fraction of sp³-hybridized carbons (Fsp3) is 0.516. The zero-order chi connectivity index (χ0) is 106. The van der Waals surface area contributed by atoms with E-state index in [9.17, 15) is 112 Å². The molecule has 6 aromatic rings. The number of alkyl halides is 15. The summed E-state index contributed by atoms with van der Waals surface area (Å²) in [6.07, 6.45) is -6.30. The van der Waals surface area contributed by atoms with E-state index in [2.05, 4.69) is 95.4 Å². The van der Waals surface area contributed by atoms with Crippen LogP contribution in [0.4, 0.5) is 52.7 Å². The molecular formula is C95H137Br3Cl3F12K2N6O19P. The summed E-state index contributed by atoms with van der Waals surface area (Å²) in [7, 11) is 1.08. The summed E-state index contributed by atoms with van der Waals surface area (Å²) >= 11 is 23.8. The molecule has 0 aromatic heterocycles. The molecule has 8 rings (SSSR count). The van der Waals surface area contributed by atoms with E-state index >= 15 is 0 Å². The van der Waals surface area contributed by atoms with E-state index in [4.69, 9.17) is 70.8 Å². The van der Waals surface area contributed by atoms with Crippen molar-refractivity contribution in [2.24, 2.45) is 11.5 Å².